The Hall–Kier alpha value is -0.120. The molecular formula is C15H31NO2. The van der Waals surface area contributed by atoms with Crippen LogP contribution in [0.3, 0.4) is 0 Å². The van der Waals surface area contributed by atoms with Crippen LogP contribution in [0.2, 0.25) is 0 Å². The van der Waals surface area contributed by atoms with E-state index >= 15 is 0 Å². The second-order valence-corrected chi connectivity index (χ2v) is 5.32. The van der Waals surface area contributed by atoms with Gasteiger partial charge in [-0.1, -0.05) is 13.8 Å². The van der Waals surface area contributed by atoms with Crippen molar-refractivity contribution >= 4 is 0 Å². The molecule has 0 aliphatic heterocycles. The molecule has 1 N–H and O–H groups in total. The molecule has 0 aromatic heterocycles. The Morgan fingerprint density at radius 2 is 2.00 bits per heavy atom. The number of hydrogen-bond acceptors (Lipinski definition) is 3. The Morgan fingerprint density at radius 1 is 1.22 bits per heavy atom. The second kappa shape index (κ2) is 9.76. The summed E-state index contributed by atoms with van der Waals surface area (Å²) in [6.07, 6.45) is 9.21. The van der Waals surface area contributed by atoms with Gasteiger partial charge in [0.05, 0.1) is 12.2 Å². The van der Waals surface area contributed by atoms with E-state index in [1.54, 1.807) is 0 Å². The van der Waals surface area contributed by atoms with E-state index < -0.39 is 0 Å². The number of rotatable bonds is 9. The Bertz CT molecular complexity index is 199. The van der Waals surface area contributed by atoms with E-state index in [2.05, 4.69) is 19.2 Å². The lowest BCUT2D eigenvalue weighted by Gasteiger charge is -2.28. The Balaban J connectivity index is 2.06. The Labute approximate surface area is 113 Å². The van der Waals surface area contributed by atoms with E-state index in [0.29, 0.717) is 18.2 Å². The molecule has 1 rings (SSSR count). The number of methoxy groups -OCH3 is 1. The van der Waals surface area contributed by atoms with Gasteiger partial charge in [0.2, 0.25) is 0 Å². The molecule has 0 aromatic rings. The van der Waals surface area contributed by atoms with Gasteiger partial charge in [-0.2, -0.15) is 0 Å². The van der Waals surface area contributed by atoms with Crippen LogP contribution in [0.25, 0.3) is 0 Å². The van der Waals surface area contributed by atoms with Gasteiger partial charge in [0, 0.05) is 19.8 Å². The quantitative estimate of drug-likeness (QED) is 0.644. The third kappa shape index (κ3) is 6.17. The van der Waals surface area contributed by atoms with Crippen molar-refractivity contribution in [3.05, 3.63) is 0 Å². The van der Waals surface area contributed by atoms with Gasteiger partial charge in [0.15, 0.2) is 0 Å². The molecule has 18 heavy (non-hydrogen) atoms. The first-order valence-corrected chi connectivity index (χ1v) is 7.67. The topological polar surface area (TPSA) is 30.5 Å². The van der Waals surface area contributed by atoms with Crippen LogP contribution in [-0.2, 0) is 9.47 Å². The van der Waals surface area contributed by atoms with Crippen LogP contribution >= 0.6 is 0 Å². The zero-order valence-electron chi connectivity index (χ0n) is 12.4. The van der Waals surface area contributed by atoms with Crippen molar-refractivity contribution in [1.82, 2.24) is 5.32 Å². The van der Waals surface area contributed by atoms with E-state index in [0.717, 1.165) is 19.6 Å². The van der Waals surface area contributed by atoms with Gasteiger partial charge in [0.25, 0.3) is 0 Å². The molecule has 1 aliphatic rings. The van der Waals surface area contributed by atoms with Gasteiger partial charge in [-0.05, 0) is 51.5 Å². The summed E-state index contributed by atoms with van der Waals surface area (Å²) < 4.78 is 11.4. The number of nitrogens with one attached hydrogen (secondary N) is 1. The molecule has 0 spiro atoms. The van der Waals surface area contributed by atoms with Crippen LogP contribution in [-0.4, -0.2) is 38.5 Å². The molecule has 0 bridgehead atoms. The maximum Gasteiger partial charge on any atom is 0.0599 e. The van der Waals surface area contributed by atoms with Crippen molar-refractivity contribution in [2.45, 2.75) is 77.0 Å². The predicted octanol–water partition coefficient (Wildman–Crippen LogP) is 3.13. The second-order valence-electron chi connectivity index (χ2n) is 5.32. The van der Waals surface area contributed by atoms with Crippen molar-refractivity contribution in [3.8, 4) is 0 Å². The first-order chi connectivity index (χ1) is 8.80. The average molecular weight is 257 g/mol. The molecule has 1 fully saturated rings. The van der Waals surface area contributed by atoms with Crippen molar-refractivity contribution in [2.75, 3.05) is 20.3 Å². The van der Waals surface area contributed by atoms with Crippen LogP contribution in [0, 0.1) is 0 Å². The highest BCUT2D eigenvalue weighted by Crippen LogP contribution is 2.23. The van der Waals surface area contributed by atoms with Gasteiger partial charge in [-0.15, -0.1) is 0 Å². The highest BCUT2D eigenvalue weighted by Gasteiger charge is 2.21. The van der Waals surface area contributed by atoms with Crippen LogP contribution in [0.1, 0.15) is 58.8 Å². The molecule has 0 heterocycles. The van der Waals surface area contributed by atoms with Gasteiger partial charge in [-0.25, -0.2) is 0 Å². The molecule has 1 saturated carbocycles. The fourth-order valence-corrected chi connectivity index (χ4v) is 2.79. The minimum atomic E-state index is 0.425. The van der Waals surface area contributed by atoms with Crippen LogP contribution < -0.4 is 5.32 Å². The summed E-state index contributed by atoms with van der Waals surface area (Å²) in [6.45, 7) is 6.39. The molecule has 108 valence electrons. The summed E-state index contributed by atoms with van der Waals surface area (Å²) in [7, 11) is 1.81. The zero-order valence-corrected chi connectivity index (χ0v) is 12.4. The van der Waals surface area contributed by atoms with Crippen molar-refractivity contribution in [2.24, 2.45) is 0 Å². The van der Waals surface area contributed by atoms with Crippen LogP contribution in [0.15, 0.2) is 0 Å². The normalized spacial score (nSPS) is 26.2. The smallest absolute Gasteiger partial charge is 0.0599 e. The molecule has 0 amide bonds. The van der Waals surface area contributed by atoms with Gasteiger partial charge in [-0.3, -0.25) is 0 Å². The lowest BCUT2D eigenvalue weighted by molar-refractivity contribution is -0.0306. The van der Waals surface area contributed by atoms with Crippen molar-refractivity contribution < 1.29 is 9.47 Å². The molecule has 0 saturated heterocycles. The lowest BCUT2D eigenvalue weighted by atomic mass is 9.95. The Morgan fingerprint density at radius 3 is 2.67 bits per heavy atom. The number of ether oxygens (including phenoxy) is 2. The van der Waals surface area contributed by atoms with E-state index in [-0.39, 0.29) is 0 Å². The summed E-state index contributed by atoms with van der Waals surface area (Å²) >= 11 is 0. The summed E-state index contributed by atoms with van der Waals surface area (Å²) in [5, 5.41) is 3.51. The third-order valence-electron chi connectivity index (χ3n) is 3.95. The summed E-state index contributed by atoms with van der Waals surface area (Å²) in [4.78, 5) is 0. The largest absolute Gasteiger partial charge is 0.381 e. The van der Waals surface area contributed by atoms with Crippen LogP contribution in [0.4, 0.5) is 0 Å². The molecule has 3 unspecified atom stereocenters. The molecule has 0 aromatic carbocycles. The highest BCUT2D eigenvalue weighted by atomic mass is 16.5. The molecular weight excluding hydrogens is 226 g/mol. The standard InChI is InChI=1S/C15H31NO2/c1-4-13(16-5-2)8-7-11-18-15-10-6-9-14(12-15)17-3/h13-16H,4-12H2,1-3H3. The summed E-state index contributed by atoms with van der Waals surface area (Å²) in [5.41, 5.74) is 0. The summed E-state index contributed by atoms with van der Waals surface area (Å²) in [6, 6.07) is 0.664. The van der Waals surface area contributed by atoms with Gasteiger partial charge >= 0.3 is 0 Å². The maximum absolute atomic E-state index is 5.98. The van der Waals surface area contributed by atoms with Gasteiger partial charge in [0.1, 0.15) is 0 Å². The molecule has 3 nitrogen and oxygen atoms in total. The Kier molecular flexibility index (Phi) is 8.64. The predicted molar refractivity (Wildman–Crippen MR) is 76.0 cm³/mol. The summed E-state index contributed by atoms with van der Waals surface area (Å²) in [5.74, 6) is 0. The first-order valence-electron chi connectivity index (χ1n) is 7.67. The first kappa shape index (κ1) is 15.9. The molecule has 1 aliphatic carbocycles. The van der Waals surface area contributed by atoms with Crippen molar-refractivity contribution in [3.63, 3.8) is 0 Å². The minimum Gasteiger partial charge on any atom is -0.381 e. The average Bonchev–Trinajstić information content (AvgIpc) is 2.42. The van der Waals surface area contributed by atoms with E-state index in [1.807, 2.05) is 7.11 Å². The SMILES string of the molecule is CCNC(CC)CCCOC1CCCC(OC)C1. The van der Waals surface area contributed by atoms with Gasteiger partial charge < -0.3 is 14.8 Å². The van der Waals surface area contributed by atoms with Crippen LogP contribution in [0.5, 0.6) is 0 Å². The molecule has 3 atom stereocenters. The van der Waals surface area contributed by atoms with E-state index in [1.165, 1.54) is 38.5 Å². The monoisotopic (exact) mass is 257 g/mol. The van der Waals surface area contributed by atoms with Crippen molar-refractivity contribution in [1.29, 1.82) is 0 Å². The molecule has 0 radical (unpaired) electrons. The number of hydrogen-bond donors (Lipinski definition) is 1. The highest BCUT2D eigenvalue weighted by molar-refractivity contribution is 4.73. The maximum atomic E-state index is 5.98. The molecule has 3 heteroatoms. The van der Waals surface area contributed by atoms with E-state index in [9.17, 15) is 0 Å². The van der Waals surface area contributed by atoms with E-state index in [4.69, 9.17) is 9.47 Å². The fraction of sp³-hybridized carbons (Fsp3) is 1.00. The zero-order chi connectivity index (χ0) is 13.2. The fourth-order valence-electron chi connectivity index (χ4n) is 2.79. The third-order valence-corrected chi connectivity index (χ3v) is 3.95. The minimum absolute atomic E-state index is 0.425. The lowest BCUT2D eigenvalue weighted by Crippen LogP contribution is -2.29.